The Balaban J connectivity index is 2.02. The summed E-state index contributed by atoms with van der Waals surface area (Å²) in [4.78, 5) is 14.9. The second-order valence-electron chi connectivity index (χ2n) is 6.00. The molecule has 0 amide bonds. The van der Waals surface area contributed by atoms with Gasteiger partial charge in [-0.1, -0.05) is 63.6 Å². The highest BCUT2D eigenvalue weighted by molar-refractivity contribution is 9.10. The van der Waals surface area contributed by atoms with E-state index in [9.17, 15) is 4.79 Å². The van der Waals surface area contributed by atoms with Crippen LogP contribution in [0, 0.1) is 6.92 Å². The third-order valence-corrected chi connectivity index (χ3v) is 5.56. The summed E-state index contributed by atoms with van der Waals surface area (Å²) in [7, 11) is 1.63. The Labute approximate surface area is 172 Å². The van der Waals surface area contributed by atoms with Crippen LogP contribution < -0.4 is 4.74 Å². The highest BCUT2D eigenvalue weighted by Crippen LogP contribution is 2.33. The zero-order chi connectivity index (χ0) is 19.2. The fourth-order valence-corrected chi connectivity index (χ4v) is 3.73. The maximum Gasteiger partial charge on any atom is 0.199 e. The number of para-hydroxylation sites is 1. The summed E-state index contributed by atoms with van der Waals surface area (Å²) in [5.74, 6) is 0.724. The molecule has 0 N–H and O–H groups in total. The van der Waals surface area contributed by atoms with Gasteiger partial charge in [0.25, 0.3) is 0 Å². The first-order valence-electron chi connectivity index (χ1n) is 8.46. The van der Waals surface area contributed by atoms with Gasteiger partial charge in [-0.15, -0.1) is 0 Å². The molecule has 0 atom stereocenters. The molecule has 0 unspecified atom stereocenters. The summed E-state index contributed by atoms with van der Waals surface area (Å²) >= 11 is 4.88. The molecule has 0 bridgehead atoms. The fraction of sp³-hybridized carbons (Fsp3) is 0.0870. The summed E-state index contributed by atoms with van der Waals surface area (Å²) in [5.41, 5.74) is 2.72. The van der Waals surface area contributed by atoms with Crippen LogP contribution in [0.4, 0.5) is 0 Å². The third-order valence-electron chi connectivity index (χ3n) is 4.00. The van der Waals surface area contributed by atoms with Gasteiger partial charge in [0, 0.05) is 20.5 Å². The topological polar surface area (TPSA) is 26.3 Å². The molecule has 0 fully saturated rings. The molecule has 0 aromatic heterocycles. The maximum atomic E-state index is 13.2. The number of carbonyl (C=O) groups excluding carboxylic acids is 1. The van der Waals surface area contributed by atoms with Gasteiger partial charge >= 0.3 is 0 Å². The van der Waals surface area contributed by atoms with Gasteiger partial charge in [0.15, 0.2) is 5.78 Å². The van der Waals surface area contributed by atoms with E-state index in [1.54, 1.807) is 7.11 Å². The molecular weight excluding hydrogens is 420 g/mol. The monoisotopic (exact) mass is 438 g/mol. The van der Waals surface area contributed by atoms with Crippen molar-refractivity contribution in [1.82, 2.24) is 0 Å². The number of halogens is 1. The molecule has 0 aliphatic carbocycles. The van der Waals surface area contributed by atoms with Crippen molar-refractivity contribution in [3.05, 3.63) is 98.9 Å². The van der Waals surface area contributed by atoms with Crippen molar-refractivity contribution in [2.75, 3.05) is 7.11 Å². The first-order valence-corrected chi connectivity index (χ1v) is 10.1. The number of hydrogen-bond acceptors (Lipinski definition) is 3. The minimum atomic E-state index is -0.0148. The number of carbonyl (C=O) groups is 1. The van der Waals surface area contributed by atoms with E-state index in [1.165, 1.54) is 17.3 Å². The zero-order valence-electron chi connectivity index (χ0n) is 15.1. The highest BCUT2D eigenvalue weighted by Gasteiger charge is 2.15. The predicted octanol–water partition coefficient (Wildman–Crippen LogP) is 6.78. The Morgan fingerprint density at radius 1 is 0.963 bits per heavy atom. The Hall–Kier alpha value is -2.30. The molecule has 4 heteroatoms. The SMILES string of the molecule is COc1ccccc1/C=C(/Sc1ccc(C)cc1)C(=O)c1ccc(Br)cc1. The van der Waals surface area contributed by atoms with Gasteiger partial charge in [0.1, 0.15) is 5.75 Å². The van der Waals surface area contributed by atoms with E-state index in [0.717, 1.165) is 20.7 Å². The van der Waals surface area contributed by atoms with Crippen LogP contribution in [0.3, 0.4) is 0 Å². The number of aryl methyl sites for hydroxylation is 1. The van der Waals surface area contributed by atoms with Gasteiger partial charge in [-0.05, 0) is 55.5 Å². The number of benzene rings is 3. The number of ether oxygens (including phenoxy) is 1. The molecule has 0 saturated carbocycles. The summed E-state index contributed by atoms with van der Waals surface area (Å²) < 4.78 is 6.39. The summed E-state index contributed by atoms with van der Waals surface area (Å²) in [6, 6.07) is 23.3. The fourth-order valence-electron chi connectivity index (χ4n) is 2.55. The van der Waals surface area contributed by atoms with E-state index >= 15 is 0 Å². The molecule has 0 aliphatic rings. The van der Waals surface area contributed by atoms with Crippen LogP contribution in [-0.2, 0) is 0 Å². The number of rotatable bonds is 6. The van der Waals surface area contributed by atoms with Crippen molar-refractivity contribution in [2.45, 2.75) is 11.8 Å². The van der Waals surface area contributed by atoms with Crippen molar-refractivity contribution >= 4 is 39.6 Å². The average molecular weight is 439 g/mol. The molecule has 0 spiro atoms. The number of ketones is 1. The van der Waals surface area contributed by atoms with Crippen LogP contribution in [0.25, 0.3) is 6.08 Å². The minimum Gasteiger partial charge on any atom is -0.496 e. The molecule has 3 aromatic carbocycles. The van der Waals surface area contributed by atoms with Gasteiger partial charge in [-0.2, -0.15) is 0 Å². The van der Waals surface area contributed by atoms with Gasteiger partial charge in [-0.3, -0.25) is 4.79 Å². The van der Waals surface area contributed by atoms with E-state index in [0.29, 0.717) is 10.5 Å². The van der Waals surface area contributed by atoms with Gasteiger partial charge in [0.2, 0.25) is 0 Å². The molecule has 136 valence electrons. The quantitative estimate of drug-likeness (QED) is 0.241. The van der Waals surface area contributed by atoms with Crippen LogP contribution in [0.5, 0.6) is 5.75 Å². The van der Waals surface area contributed by atoms with Gasteiger partial charge in [-0.25, -0.2) is 0 Å². The molecule has 0 radical (unpaired) electrons. The molecule has 3 aromatic rings. The van der Waals surface area contributed by atoms with Crippen LogP contribution in [0.2, 0.25) is 0 Å². The first kappa shape index (κ1) is 19.5. The molecule has 27 heavy (non-hydrogen) atoms. The Morgan fingerprint density at radius 2 is 1.63 bits per heavy atom. The second-order valence-corrected chi connectivity index (χ2v) is 8.03. The third kappa shape index (κ3) is 5.12. The van der Waals surface area contributed by atoms with Crippen LogP contribution in [0.15, 0.2) is 87.1 Å². The zero-order valence-corrected chi connectivity index (χ0v) is 17.5. The van der Waals surface area contributed by atoms with Gasteiger partial charge in [0.05, 0.1) is 12.0 Å². The predicted molar refractivity (Wildman–Crippen MR) is 116 cm³/mol. The van der Waals surface area contributed by atoms with Gasteiger partial charge < -0.3 is 4.74 Å². The minimum absolute atomic E-state index is 0.0148. The van der Waals surface area contributed by atoms with E-state index in [-0.39, 0.29) is 5.78 Å². The molecule has 0 heterocycles. The lowest BCUT2D eigenvalue weighted by Gasteiger charge is -2.10. The standard InChI is InChI=1S/C23H19BrO2S/c1-16-7-13-20(14-8-16)27-22(15-18-5-3-4-6-21(18)26-2)23(25)17-9-11-19(24)12-10-17/h3-15H,1-2H3/b22-15+. The lowest BCUT2D eigenvalue weighted by atomic mass is 10.1. The van der Waals surface area contributed by atoms with Crippen molar-refractivity contribution in [3.8, 4) is 5.75 Å². The van der Waals surface area contributed by atoms with Crippen molar-refractivity contribution in [1.29, 1.82) is 0 Å². The van der Waals surface area contributed by atoms with Crippen LogP contribution in [-0.4, -0.2) is 12.9 Å². The van der Waals surface area contributed by atoms with Crippen molar-refractivity contribution in [3.63, 3.8) is 0 Å². The highest BCUT2D eigenvalue weighted by atomic mass is 79.9. The Bertz CT molecular complexity index is 960. The molecule has 3 rings (SSSR count). The normalized spacial score (nSPS) is 11.3. The van der Waals surface area contributed by atoms with E-state index < -0.39 is 0 Å². The van der Waals surface area contributed by atoms with E-state index in [4.69, 9.17) is 4.74 Å². The molecule has 2 nitrogen and oxygen atoms in total. The number of allylic oxidation sites excluding steroid dienone is 1. The summed E-state index contributed by atoms with van der Waals surface area (Å²) in [5, 5.41) is 0. The maximum absolute atomic E-state index is 13.2. The average Bonchev–Trinajstić information content (AvgIpc) is 2.69. The van der Waals surface area contributed by atoms with E-state index in [1.807, 2.05) is 85.8 Å². The summed E-state index contributed by atoms with van der Waals surface area (Å²) in [6.07, 6.45) is 1.90. The first-order chi connectivity index (χ1) is 13.1. The molecule has 0 saturated heterocycles. The van der Waals surface area contributed by atoms with E-state index in [2.05, 4.69) is 15.9 Å². The largest absolute Gasteiger partial charge is 0.496 e. The molecular formula is C23H19BrO2S. The summed E-state index contributed by atoms with van der Waals surface area (Å²) in [6.45, 7) is 2.05. The lowest BCUT2D eigenvalue weighted by molar-refractivity contribution is 0.104. The van der Waals surface area contributed by atoms with Crippen LogP contribution >= 0.6 is 27.7 Å². The second kappa shape index (κ2) is 9.07. The smallest absolute Gasteiger partial charge is 0.199 e. The number of Topliss-reactive ketones (excluding diaryl/α,β-unsaturated/α-hetero) is 1. The molecule has 0 aliphatic heterocycles. The van der Waals surface area contributed by atoms with Crippen molar-refractivity contribution < 1.29 is 9.53 Å². The number of thioether (sulfide) groups is 1. The number of hydrogen-bond donors (Lipinski definition) is 0. The lowest BCUT2D eigenvalue weighted by Crippen LogP contribution is -2.01. The Kier molecular flexibility index (Phi) is 6.54. The van der Waals surface area contributed by atoms with Crippen molar-refractivity contribution in [2.24, 2.45) is 0 Å². The van der Waals surface area contributed by atoms with Crippen LogP contribution in [0.1, 0.15) is 21.5 Å². The Morgan fingerprint density at radius 3 is 2.30 bits per heavy atom. The number of methoxy groups -OCH3 is 1.